The van der Waals surface area contributed by atoms with Crippen LogP contribution in [0.15, 0.2) is 54.6 Å². The first-order chi connectivity index (χ1) is 14.5. The minimum atomic E-state index is -0.406. The van der Waals surface area contributed by atoms with Crippen LogP contribution in [0.5, 0.6) is 0 Å². The first-order valence-corrected chi connectivity index (χ1v) is 10.0. The monoisotopic (exact) mass is 426 g/mol. The predicted molar refractivity (Wildman–Crippen MR) is 111 cm³/mol. The number of rotatable bonds is 5. The number of hydrogen-bond acceptors (Lipinski definition) is 3. The van der Waals surface area contributed by atoms with Crippen LogP contribution in [0.25, 0.3) is 0 Å². The molecule has 8 heteroatoms. The fourth-order valence-corrected chi connectivity index (χ4v) is 3.55. The van der Waals surface area contributed by atoms with E-state index in [9.17, 15) is 14.0 Å². The molecular formula is C22H20ClFN4O2. The summed E-state index contributed by atoms with van der Waals surface area (Å²) < 4.78 is 14.9. The minimum absolute atomic E-state index is 0.167. The first kappa shape index (κ1) is 20.1. The molecule has 0 aliphatic carbocycles. The maximum absolute atomic E-state index is 13.3. The van der Waals surface area contributed by atoms with Crippen molar-refractivity contribution in [1.82, 2.24) is 20.0 Å². The number of nitrogens with one attached hydrogen (secondary N) is 1. The summed E-state index contributed by atoms with van der Waals surface area (Å²) in [6.45, 7) is 1.79. The quantitative estimate of drug-likeness (QED) is 0.677. The molecule has 0 radical (unpaired) electrons. The van der Waals surface area contributed by atoms with E-state index in [0.29, 0.717) is 35.9 Å². The fourth-order valence-electron chi connectivity index (χ4n) is 3.43. The minimum Gasteiger partial charge on any atom is -0.347 e. The highest BCUT2D eigenvalue weighted by molar-refractivity contribution is 6.30. The summed E-state index contributed by atoms with van der Waals surface area (Å²) in [4.78, 5) is 27.3. The third kappa shape index (κ3) is 4.52. The Bertz CT molecular complexity index is 1080. The van der Waals surface area contributed by atoms with Crippen LogP contribution >= 0.6 is 11.6 Å². The van der Waals surface area contributed by atoms with Gasteiger partial charge in [0.15, 0.2) is 5.69 Å². The number of nitrogens with zero attached hydrogens (tertiary/aromatic N) is 3. The average Bonchev–Trinajstić information content (AvgIpc) is 3.11. The van der Waals surface area contributed by atoms with Crippen molar-refractivity contribution in [2.24, 2.45) is 0 Å². The van der Waals surface area contributed by atoms with Gasteiger partial charge in [0.2, 0.25) is 0 Å². The summed E-state index contributed by atoms with van der Waals surface area (Å²) in [5.74, 6) is -0.933. The van der Waals surface area contributed by atoms with Gasteiger partial charge in [-0.3, -0.25) is 14.3 Å². The zero-order valence-electron chi connectivity index (χ0n) is 16.1. The Labute approximate surface area is 178 Å². The molecule has 0 unspecified atom stereocenters. The van der Waals surface area contributed by atoms with Gasteiger partial charge < -0.3 is 10.2 Å². The zero-order chi connectivity index (χ0) is 21.1. The Morgan fingerprint density at radius 3 is 2.67 bits per heavy atom. The molecule has 0 saturated carbocycles. The van der Waals surface area contributed by atoms with Crippen molar-refractivity contribution in [3.05, 3.63) is 88.0 Å². The summed E-state index contributed by atoms with van der Waals surface area (Å²) >= 11 is 5.93. The van der Waals surface area contributed by atoms with E-state index in [2.05, 4.69) is 10.4 Å². The van der Waals surface area contributed by atoms with Crippen molar-refractivity contribution in [1.29, 1.82) is 0 Å². The van der Waals surface area contributed by atoms with E-state index in [-0.39, 0.29) is 24.0 Å². The number of aryl methyl sites for hydroxylation is 1. The number of benzene rings is 2. The molecule has 2 aromatic carbocycles. The van der Waals surface area contributed by atoms with Crippen LogP contribution in [0.3, 0.4) is 0 Å². The van der Waals surface area contributed by atoms with E-state index in [0.717, 1.165) is 12.0 Å². The molecule has 0 saturated heterocycles. The van der Waals surface area contributed by atoms with Gasteiger partial charge in [-0.1, -0.05) is 35.9 Å². The van der Waals surface area contributed by atoms with Crippen molar-refractivity contribution in [2.45, 2.75) is 26.1 Å². The van der Waals surface area contributed by atoms with Gasteiger partial charge in [-0.2, -0.15) is 5.10 Å². The summed E-state index contributed by atoms with van der Waals surface area (Å²) in [5.41, 5.74) is 2.18. The van der Waals surface area contributed by atoms with Gasteiger partial charge in [0.25, 0.3) is 11.8 Å². The summed E-state index contributed by atoms with van der Waals surface area (Å²) in [6.07, 6.45) is 0.734. The molecule has 2 heterocycles. The van der Waals surface area contributed by atoms with Gasteiger partial charge in [0, 0.05) is 37.3 Å². The topological polar surface area (TPSA) is 67.2 Å². The number of carbonyl (C=O) groups is 2. The molecule has 3 aromatic rings. The molecule has 1 N–H and O–H groups in total. The van der Waals surface area contributed by atoms with Crippen LogP contribution in [0.4, 0.5) is 4.39 Å². The number of hydrogen-bond donors (Lipinski definition) is 1. The number of aromatic nitrogens is 2. The molecule has 4 rings (SSSR count). The van der Waals surface area contributed by atoms with Gasteiger partial charge in [-0.25, -0.2) is 4.39 Å². The molecule has 1 aliphatic rings. The van der Waals surface area contributed by atoms with Crippen LogP contribution < -0.4 is 5.32 Å². The van der Waals surface area contributed by atoms with E-state index in [4.69, 9.17) is 11.6 Å². The Kier molecular flexibility index (Phi) is 5.81. The van der Waals surface area contributed by atoms with Crippen LogP contribution in [-0.2, 0) is 19.6 Å². The largest absolute Gasteiger partial charge is 0.347 e. The highest BCUT2D eigenvalue weighted by Gasteiger charge is 2.26. The lowest BCUT2D eigenvalue weighted by molar-refractivity contribution is 0.0745. The summed E-state index contributed by atoms with van der Waals surface area (Å²) in [7, 11) is 0. The molecule has 0 atom stereocenters. The molecule has 0 spiro atoms. The van der Waals surface area contributed by atoms with Crippen LogP contribution in [0.1, 0.15) is 38.5 Å². The SMILES string of the molecule is O=C(NCc1cccc(F)c1)c1cc2n(n1)CCCN(Cc1ccc(Cl)cc1)C2=O. The van der Waals surface area contributed by atoms with Gasteiger partial charge in [-0.15, -0.1) is 0 Å². The van der Waals surface area contributed by atoms with E-state index in [1.165, 1.54) is 18.2 Å². The Balaban J connectivity index is 1.46. The second-order valence-electron chi connectivity index (χ2n) is 7.16. The van der Waals surface area contributed by atoms with Crippen molar-refractivity contribution in [3.63, 3.8) is 0 Å². The fraction of sp³-hybridized carbons (Fsp3) is 0.227. The summed E-state index contributed by atoms with van der Waals surface area (Å²) in [6, 6.07) is 14.9. The highest BCUT2D eigenvalue weighted by Crippen LogP contribution is 2.18. The normalized spacial score (nSPS) is 13.7. The molecule has 0 bridgehead atoms. The third-order valence-electron chi connectivity index (χ3n) is 4.95. The highest BCUT2D eigenvalue weighted by atomic mass is 35.5. The molecule has 30 heavy (non-hydrogen) atoms. The molecule has 0 fully saturated rings. The lowest BCUT2D eigenvalue weighted by atomic mass is 10.2. The van der Waals surface area contributed by atoms with Gasteiger partial charge >= 0.3 is 0 Å². The maximum atomic E-state index is 13.3. The lowest BCUT2D eigenvalue weighted by Gasteiger charge is -2.20. The number of halogens is 2. The van der Waals surface area contributed by atoms with Crippen LogP contribution in [0, 0.1) is 5.82 Å². The van der Waals surface area contributed by atoms with Crippen LogP contribution in [0.2, 0.25) is 5.02 Å². The van der Waals surface area contributed by atoms with Crippen molar-refractivity contribution < 1.29 is 14.0 Å². The van der Waals surface area contributed by atoms with Crippen molar-refractivity contribution in [3.8, 4) is 0 Å². The van der Waals surface area contributed by atoms with Crippen LogP contribution in [-0.4, -0.2) is 33.0 Å². The second-order valence-corrected chi connectivity index (χ2v) is 7.59. The van der Waals surface area contributed by atoms with E-state index in [1.54, 1.807) is 33.8 Å². The molecule has 154 valence electrons. The number of fused-ring (bicyclic) bond motifs is 1. The lowest BCUT2D eigenvalue weighted by Crippen LogP contribution is -2.30. The molecular weight excluding hydrogens is 407 g/mol. The Morgan fingerprint density at radius 1 is 1.10 bits per heavy atom. The standard InChI is InChI=1S/C22H20ClFN4O2/c23-17-7-5-15(6-8-17)14-27-9-2-10-28-20(22(27)30)12-19(26-28)21(29)25-13-16-3-1-4-18(24)11-16/h1,3-8,11-12H,2,9-10,13-14H2,(H,25,29). The van der Waals surface area contributed by atoms with E-state index < -0.39 is 5.91 Å². The molecule has 2 amide bonds. The van der Waals surface area contributed by atoms with Gasteiger partial charge in [0.05, 0.1) is 0 Å². The molecule has 6 nitrogen and oxygen atoms in total. The van der Waals surface area contributed by atoms with E-state index in [1.807, 2.05) is 12.1 Å². The third-order valence-corrected chi connectivity index (χ3v) is 5.20. The summed E-state index contributed by atoms with van der Waals surface area (Å²) in [5, 5.41) is 7.68. The van der Waals surface area contributed by atoms with E-state index >= 15 is 0 Å². The first-order valence-electron chi connectivity index (χ1n) is 9.64. The molecule has 1 aliphatic heterocycles. The zero-order valence-corrected chi connectivity index (χ0v) is 16.9. The maximum Gasteiger partial charge on any atom is 0.272 e. The van der Waals surface area contributed by atoms with Gasteiger partial charge in [0.1, 0.15) is 11.5 Å². The number of amides is 2. The van der Waals surface area contributed by atoms with Gasteiger partial charge in [-0.05, 0) is 41.8 Å². The Morgan fingerprint density at radius 2 is 1.90 bits per heavy atom. The van der Waals surface area contributed by atoms with Crippen molar-refractivity contribution >= 4 is 23.4 Å². The smallest absolute Gasteiger partial charge is 0.272 e. The molecule has 1 aromatic heterocycles. The van der Waals surface area contributed by atoms with Crippen molar-refractivity contribution in [2.75, 3.05) is 6.54 Å². The number of carbonyl (C=O) groups excluding carboxylic acids is 2. The Hall–Kier alpha value is -3.19. The second kappa shape index (κ2) is 8.67. The average molecular weight is 427 g/mol. The predicted octanol–water partition coefficient (Wildman–Crippen LogP) is 3.65.